The fourth-order valence-corrected chi connectivity index (χ4v) is 1.26. The lowest BCUT2D eigenvalue weighted by atomic mass is 10.1. The van der Waals surface area contributed by atoms with Crippen LogP contribution in [0.25, 0.3) is 0 Å². The van der Waals surface area contributed by atoms with Gasteiger partial charge in [-0.3, -0.25) is 4.98 Å². The zero-order valence-corrected chi connectivity index (χ0v) is 8.46. The van der Waals surface area contributed by atoms with Crippen molar-refractivity contribution in [3.63, 3.8) is 0 Å². The average molecular weight is 175 g/mol. The highest BCUT2D eigenvalue weighted by Gasteiger charge is 1.92. The van der Waals surface area contributed by atoms with Gasteiger partial charge in [0.2, 0.25) is 0 Å². The van der Waals surface area contributed by atoms with Gasteiger partial charge in [-0.1, -0.05) is 17.7 Å². The van der Waals surface area contributed by atoms with Crippen LogP contribution in [-0.2, 0) is 6.42 Å². The Balaban J connectivity index is 2.28. The molecule has 0 amide bonds. The molecule has 1 aromatic heterocycles. The number of nitrogens with zero attached hydrogens (tertiary/aromatic N) is 1. The molecule has 13 heavy (non-hydrogen) atoms. The quantitative estimate of drug-likeness (QED) is 0.639. The number of allylic oxidation sites excluding steroid dienone is 2. The van der Waals surface area contributed by atoms with Gasteiger partial charge in [0, 0.05) is 12.4 Å². The predicted octanol–water partition coefficient (Wildman–Crippen LogP) is 3.37. The van der Waals surface area contributed by atoms with Crippen molar-refractivity contribution in [3.8, 4) is 0 Å². The van der Waals surface area contributed by atoms with Crippen LogP contribution < -0.4 is 0 Å². The van der Waals surface area contributed by atoms with Gasteiger partial charge in [-0.15, -0.1) is 0 Å². The Labute approximate surface area is 80.5 Å². The van der Waals surface area contributed by atoms with Gasteiger partial charge in [0.25, 0.3) is 0 Å². The van der Waals surface area contributed by atoms with E-state index in [1.165, 1.54) is 24.0 Å². The minimum absolute atomic E-state index is 1.14. The summed E-state index contributed by atoms with van der Waals surface area (Å²) >= 11 is 0. The smallest absolute Gasteiger partial charge is 0.0299 e. The van der Waals surface area contributed by atoms with Gasteiger partial charge < -0.3 is 0 Å². The number of aryl methyl sites for hydroxylation is 1. The molecule has 0 bridgehead atoms. The molecule has 0 aliphatic heterocycles. The molecule has 1 aromatic rings. The van der Waals surface area contributed by atoms with Crippen molar-refractivity contribution in [2.45, 2.75) is 33.1 Å². The van der Waals surface area contributed by atoms with Crippen molar-refractivity contribution in [2.75, 3.05) is 0 Å². The largest absolute Gasteiger partial charge is 0.264 e. The summed E-state index contributed by atoms with van der Waals surface area (Å²) in [5.74, 6) is 0. The summed E-state index contributed by atoms with van der Waals surface area (Å²) in [4.78, 5) is 4.09. The second kappa shape index (κ2) is 5.52. The molecule has 0 fully saturated rings. The van der Waals surface area contributed by atoms with Crippen molar-refractivity contribution in [1.29, 1.82) is 0 Å². The van der Waals surface area contributed by atoms with Gasteiger partial charge in [0.1, 0.15) is 0 Å². The summed E-state index contributed by atoms with van der Waals surface area (Å²) in [7, 11) is 0. The third kappa shape index (κ3) is 3.88. The molecule has 0 spiro atoms. The van der Waals surface area contributed by atoms with Gasteiger partial charge in [-0.25, -0.2) is 0 Å². The van der Waals surface area contributed by atoms with Crippen molar-refractivity contribution in [1.82, 2.24) is 4.98 Å². The first-order valence-corrected chi connectivity index (χ1v) is 4.83. The lowest BCUT2D eigenvalue weighted by Gasteiger charge is -2.00. The molecule has 0 atom stereocenters. The maximum Gasteiger partial charge on any atom is 0.0299 e. The summed E-state index contributed by atoms with van der Waals surface area (Å²) in [5.41, 5.74) is 2.82. The summed E-state index contributed by atoms with van der Waals surface area (Å²) in [5, 5.41) is 0. The Morgan fingerprint density at radius 2 is 2.38 bits per heavy atom. The topological polar surface area (TPSA) is 12.9 Å². The monoisotopic (exact) mass is 175 g/mol. The normalized spacial score (nSPS) is 11.7. The molecule has 0 aromatic carbocycles. The van der Waals surface area contributed by atoms with Crippen molar-refractivity contribution in [2.24, 2.45) is 0 Å². The van der Waals surface area contributed by atoms with Gasteiger partial charge in [0.05, 0.1) is 0 Å². The lowest BCUT2D eigenvalue weighted by molar-refractivity contribution is 0.807. The molecule has 0 N–H and O–H groups in total. The zero-order valence-electron chi connectivity index (χ0n) is 8.46. The average Bonchev–Trinajstić information content (AvgIpc) is 2.19. The van der Waals surface area contributed by atoms with E-state index in [0.717, 1.165) is 6.42 Å². The molecule has 70 valence electrons. The number of aromatic nitrogens is 1. The summed E-state index contributed by atoms with van der Waals surface area (Å²) in [6, 6.07) is 4.13. The van der Waals surface area contributed by atoms with E-state index in [1.54, 1.807) is 0 Å². The van der Waals surface area contributed by atoms with Crippen LogP contribution in [-0.4, -0.2) is 4.98 Å². The number of hydrogen-bond acceptors (Lipinski definition) is 1. The van der Waals surface area contributed by atoms with E-state index in [9.17, 15) is 0 Å². The van der Waals surface area contributed by atoms with Crippen molar-refractivity contribution >= 4 is 0 Å². The molecular weight excluding hydrogens is 158 g/mol. The minimum Gasteiger partial charge on any atom is -0.264 e. The van der Waals surface area contributed by atoms with Gasteiger partial charge in [0.15, 0.2) is 0 Å². The Morgan fingerprint density at radius 3 is 3.00 bits per heavy atom. The maximum atomic E-state index is 4.09. The van der Waals surface area contributed by atoms with Crippen LogP contribution in [0, 0.1) is 0 Å². The second-order valence-corrected chi connectivity index (χ2v) is 3.35. The Bertz CT molecular complexity index is 262. The zero-order chi connectivity index (χ0) is 9.52. The highest BCUT2D eigenvalue weighted by Crippen LogP contribution is 2.08. The number of pyridine rings is 1. The fourth-order valence-electron chi connectivity index (χ4n) is 1.26. The fraction of sp³-hybridized carbons (Fsp3) is 0.417. The molecule has 1 nitrogen and oxygen atoms in total. The molecule has 0 saturated heterocycles. The van der Waals surface area contributed by atoms with Crippen LogP contribution in [0.15, 0.2) is 36.2 Å². The van der Waals surface area contributed by atoms with Crippen molar-refractivity contribution < 1.29 is 0 Å². The number of hydrogen-bond donors (Lipinski definition) is 0. The number of rotatable bonds is 4. The summed E-state index contributed by atoms with van der Waals surface area (Å²) < 4.78 is 0. The second-order valence-electron chi connectivity index (χ2n) is 3.35. The summed E-state index contributed by atoms with van der Waals surface area (Å²) in [6.07, 6.45) is 9.52. The van der Waals surface area contributed by atoms with Gasteiger partial charge in [-0.05, 0) is 44.7 Å². The predicted molar refractivity (Wildman–Crippen MR) is 56.6 cm³/mol. The Morgan fingerprint density at radius 1 is 1.54 bits per heavy atom. The molecular formula is C12H17N. The van der Waals surface area contributed by atoms with E-state index in [0.29, 0.717) is 0 Å². The SMILES string of the molecule is C/C=C(\C)CCCc1cccnc1. The molecule has 1 heterocycles. The first kappa shape index (κ1) is 9.97. The highest BCUT2D eigenvalue weighted by atomic mass is 14.6. The van der Waals surface area contributed by atoms with Crippen LogP contribution >= 0.6 is 0 Å². The molecule has 1 rings (SSSR count). The van der Waals surface area contributed by atoms with Crippen LogP contribution in [0.1, 0.15) is 32.3 Å². The van der Waals surface area contributed by atoms with Crippen LogP contribution in [0.3, 0.4) is 0 Å². The molecule has 0 aliphatic carbocycles. The van der Waals surface area contributed by atoms with E-state index < -0.39 is 0 Å². The van der Waals surface area contributed by atoms with Crippen LogP contribution in [0.4, 0.5) is 0 Å². The first-order chi connectivity index (χ1) is 6.33. The third-order valence-corrected chi connectivity index (χ3v) is 2.25. The molecule has 0 unspecified atom stereocenters. The van der Waals surface area contributed by atoms with Crippen LogP contribution in [0.2, 0.25) is 0 Å². The van der Waals surface area contributed by atoms with E-state index in [1.807, 2.05) is 18.5 Å². The van der Waals surface area contributed by atoms with E-state index in [-0.39, 0.29) is 0 Å². The van der Waals surface area contributed by atoms with Crippen molar-refractivity contribution in [3.05, 3.63) is 41.7 Å². The molecule has 0 aliphatic rings. The highest BCUT2D eigenvalue weighted by molar-refractivity contribution is 5.09. The first-order valence-electron chi connectivity index (χ1n) is 4.83. The third-order valence-electron chi connectivity index (χ3n) is 2.25. The van der Waals surface area contributed by atoms with Gasteiger partial charge in [-0.2, -0.15) is 0 Å². The standard InChI is InChI=1S/C12H17N/c1-3-11(2)6-4-7-12-8-5-9-13-10-12/h3,5,8-10H,4,6-7H2,1-2H3/b11-3+. The van der Waals surface area contributed by atoms with E-state index in [2.05, 4.69) is 31.0 Å². The minimum atomic E-state index is 1.14. The van der Waals surface area contributed by atoms with E-state index in [4.69, 9.17) is 0 Å². The van der Waals surface area contributed by atoms with E-state index >= 15 is 0 Å². The maximum absolute atomic E-state index is 4.09. The summed E-state index contributed by atoms with van der Waals surface area (Å²) in [6.45, 7) is 4.28. The Hall–Kier alpha value is -1.11. The lowest BCUT2D eigenvalue weighted by Crippen LogP contribution is -1.86. The van der Waals surface area contributed by atoms with Crippen LogP contribution in [0.5, 0.6) is 0 Å². The molecule has 0 saturated carbocycles. The molecule has 1 heteroatoms. The Kier molecular flexibility index (Phi) is 4.24. The van der Waals surface area contributed by atoms with Gasteiger partial charge >= 0.3 is 0 Å². The molecule has 0 radical (unpaired) electrons.